The lowest BCUT2D eigenvalue weighted by atomic mass is 10.1. The average molecular weight is 365 g/mol. The molecular weight excluding hydrogens is 346 g/mol. The third kappa shape index (κ3) is 4.27. The molecule has 0 aromatic heterocycles. The van der Waals surface area contributed by atoms with Crippen molar-refractivity contribution in [2.24, 2.45) is 5.92 Å². The fourth-order valence-corrected chi connectivity index (χ4v) is 2.96. The average Bonchev–Trinajstić information content (AvgIpc) is 2.24. The fourth-order valence-electron chi connectivity index (χ4n) is 1.48. The Labute approximate surface area is 120 Å². The Hall–Kier alpha value is -0.0600. The van der Waals surface area contributed by atoms with Gasteiger partial charge in [0.05, 0.1) is 11.6 Å². The summed E-state index contributed by atoms with van der Waals surface area (Å²) in [4.78, 5) is 0. The fraction of sp³-hybridized carbons (Fsp3) is 0.538. The van der Waals surface area contributed by atoms with Crippen LogP contribution in [0.2, 0.25) is 0 Å². The molecule has 0 amide bonds. The maximum atomic E-state index is 5.42. The van der Waals surface area contributed by atoms with Gasteiger partial charge in [0.2, 0.25) is 0 Å². The highest BCUT2D eigenvalue weighted by atomic mass is 79.9. The molecule has 0 fully saturated rings. The lowest BCUT2D eigenvalue weighted by Crippen LogP contribution is -2.30. The molecule has 96 valence electrons. The standard InChI is InChI=1S/C13H19Br2NO/c1-8(2)9(3)16-7-10-5-11(14)6-12(15)13(10)17-4/h5-6,8-9,16H,7H2,1-4H3/t9-/m0/s1. The summed E-state index contributed by atoms with van der Waals surface area (Å²) in [5, 5.41) is 3.51. The Balaban J connectivity index is 2.83. The maximum Gasteiger partial charge on any atom is 0.137 e. The van der Waals surface area contributed by atoms with Gasteiger partial charge < -0.3 is 10.1 Å². The van der Waals surface area contributed by atoms with Crippen LogP contribution in [0.1, 0.15) is 26.3 Å². The van der Waals surface area contributed by atoms with Gasteiger partial charge in [-0.05, 0) is 40.9 Å². The molecule has 0 saturated carbocycles. The Kier molecular flexibility index (Phi) is 5.97. The van der Waals surface area contributed by atoms with Crippen molar-refractivity contribution in [2.75, 3.05) is 7.11 Å². The van der Waals surface area contributed by atoms with Gasteiger partial charge in [0.25, 0.3) is 0 Å². The quantitative estimate of drug-likeness (QED) is 0.838. The van der Waals surface area contributed by atoms with Gasteiger partial charge in [0.1, 0.15) is 5.75 Å². The van der Waals surface area contributed by atoms with Crippen molar-refractivity contribution >= 4 is 31.9 Å². The van der Waals surface area contributed by atoms with Crippen molar-refractivity contribution < 1.29 is 4.74 Å². The van der Waals surface area contributed by atoms with Crippen LogP contribution in [0.15, 0.2) is 21.1 Å². The summed E-state index contributed by atoms with van der Waals surface area (Å²) in [6, 6.07) is 4.56. The van der Waals surface area contributed by atoms with E-state index in [0.717, 1.165) is 26.8 Å². The molecule has 0 heterocycles. The van der Waals surface area contributed by atoms with E-state index in [1.165, 1.54) is 0 Å². The maximum absolute atomic E-state index is 5.42. The van der Waals surface area contributed by atoms with E-state index in [2.05, 4.69) is 64.0 Å². The first-order valence-electron chi connectivity index (χ1n) is 5.71. The van der Waals surface area contributed by atoms with Crippen molar-refractivity contribution in [3.05, 3.63) is 26.6 Å². The summed E-state index contributed by atoms with van der Waals surface area (Å²) in [5.41, 5.74) is 1.15. The second-order valence-electron chi connectivity index (χ2n) is 4.49. The minimum absolute atomic E-state index is 0.484. The number of hydrogen-bond donors (Lipinski definition) is 1. The van der Waals surface area contributed by atoms with E-state index in [0.29, 0.717) is 12.0 Å². The largest absolute Gasteiger partial charge is 0.495 e. The molecule has 0 radical (unpaired) electrons. The molecular formula is C13H19Br2NO. The summed E-state index contributed by atoms with van der Waals surface area (Å²) in [6.45, 7) is 7.43. The summed E-state index contributed by atoms with van der Waals surface area (Å²) >= 11 is 7.01. The molecule has 0 saturated heterocycles. The summed E-state index contributed by atoms with van der Waals surface area (Å²) in [6.07, 6.45) is 0. The van der Waals surface area contributed by atoms with Crippen LogP contribution >= 0.6 is 31.9 Å². The third-order valence-electron chi connectivity index (χ3n) is 2.90. The van der Waals surface area contributed by atoms with Gasteiger partial charge in [-0.15, -0.1) is 0 Å². The Morgan fingerprint density at radius 1 is 1.24 bits per heavy atom. The minimum atomic E-state index is 0.484. The van der Waals surface area contributed by atoms with Gasteiger partial charge in [-0.25, -0.2) is 0 Å². The second-order valence-corrected chi connectivity index (χ2v) is 6.26. The van der Waals surface area contributed by atoms with Crippen molar-refractivity contribution in [1.82, 2.24) is 5.32 Å². The molecule has 0 spiro atoms. The van der Waals surface area contributed by atoms with Crippen LogP contribution in [0.3, 0.4) is 0 Å². The topological polar surface area (TPSA) is 21.3 Å². The van der Waals surface area contributed by atoms with Gasteiger partial charge in [-0.3, -0.25) is 0 Å². The molecule has 1 rings (SSSR count). The van der Waals surface area contributed by atoms with E-state index in [-0.39, 0.29) is 0 Å². The Morgan fingerprint density at radius 3 is 2.41 bits per heavy atom. The third-order valence-corrected chi connectivity index (χ3v) is 3.95. The Morgan fingerprint density at radius 2 is 1.88 bits per heavy atom. The zero-order chi connectivity index (χ0) is 13.0. The molecule has 4 heteroatoms. The van der Waals surface area contributed by atoms with Gasteiger partial charge in [0, 0.05) is 22.6 Å². The lowest BCUT2D eigenvalue weighted by Gasteiger charge is -2.19. The molecule has 0 unspecified atom stereocenters. The number of methoxy groups -OCH3 is 1. The van der Waals surface area contributed by atoms with E-state index in [4.69, 9.17) is 4.74 Å². The van der Waals surface area contributed by atoms with Crippen molar-refractivity contribution in [2.45, 2.75) is 33.4 Å². The number of hydrogen-bond acceptors (Lipinski definition) is 2. The van der Waals surface area contributed by atoms with Crippen LogP contribution in [0.4, 0.5) is 0 Å². The molecule has 1 N–H and O–H groups in total. The molecule has 1 atom stereocenters. The molecule has 2 nitrogen and oxygen atoms in total. The molecule has 1 aromatic carbocycles. The number of nitrogens with one attached hydrogen (secondary N) is 1. The van der Waals surface area contributed by atoms with E-state index in [1.54, 1.807) is 7.11 Å². The molecule has 0 aliphatic carbocycles. The Bertz CT molecular complexity index is 380. The first-order chi connectivity index (χ1) is 7.95. The van der Waals surface area contributed by atoms with Gasteiger partial charge in [-0.2, -0.15) is 0 Å². The summed E-state index contributed by atoms with van der Waals surface area (Å²) in [7, 11) is 1.70. The molecule has 0 aliphatic rings. The highest BCUT2D eigenvalue weighted by molar-refractivity contribution is 9.11. The minimum Gasteiger partial charge on any atom is -0.495 e. The van der Waals surface area contributed by atoms with Crippen LogP contribution < -0.4 is 10.1 Å². The van der Waals surface area contributed by atoms with Crippen LogP contribution in [0, 0.1) is 5.92 Å². The van der Waals surface area contributed by atoms with Crippen LogP contribution in [-0.4, -0.2) is 13.2 Å². The number of halogens is 2. The first kappa shape index (κ1) is 15.0. The predicted octanol–water partition coefficient (Wildman–Crippen LogP) is 4.35. The highest BCUT2D eigenvalue weighted by Crippen LogP contribution is 2.32. The van der Waals surface area contributed by atoms with E-state index < -0.39 is 0 Å². The molecule has 0 aliphatic heterocycles. The summed E-state index contributed by atoms with van der Waals surface area (Å²) in [5.74, 6) is 1.52. The van der Waals surface area contributed by atoms with E-state index >= 15 is 0 Å². The van der Waals surface area contributed by atoms with Crippen molar-refractivity contribution in [3.8, 4) is 5.75 Å². The van der Waals surface area contributed by atoms with Gasteiger partial charge in [0.15, 0.2) is 0 Å². The number of ether oxygens (including phenoxy) is 1. The molecule has 0 bridgehead atoms. The van der Waals surface area contributed by atoms with Crippen LogP contribution in [0.25, 0.3) is 0 Å². The number of benzene rings is 1. The zero-order valence-corrected chi connectivity index (χ0v) is 13.9. The normalized spacial score (nSPS) is 12.9. The second kappa shape index (κ2) is 6.76. The summed E-state index contributed by atoms with van der Waals surface area (Å²) < 4.78 is 7.45. The zero-order valence-electron chi connectivity index (χ0n) is 10.7. The van der Waals surface area contributed by atoms with Crippen molar-refractivity contribution in [3.63, 3.8) is 0 Å². The molecule has 17 heavy (non-hydrogen) atoms. The van der Waals surface area contributed by atoms with E-state index in [1.807, 2.05) is 6.07 Å². The van der Waals surface area contributed by atoms with Crippen LogP contribution in [0.5, 0.6) is 5.75 Å². The van der Waals surface area contributed by atoms with E-state index in [9.17, 15) is 0 Å². The molecule has 1 aromatic rings. The lowest BCUT2D eigenvalue weighted by molar-refractivity contribution is 0.393. The predicted molar refractivity (Wildman–Crippen MR) is 79.5 cm³/mol. The SMILES string of the molecule is COc1c(Br)cc(Br)cc1CN[C@@H](C)C(C)C. The first-order valence-corrected chi connectivity index (χ1v) is 7.29. The highest BCUT2D eigenvalue weighted by Gasteiger charge is 2.11. The van der Waals surface area contributed by atoms with Gasteiger partial charge in [-0.1, -0.05) is 29.8 Å². The monoisotopic (exact) mass is 363 g/mol. The van der Waals surface area contributed by atoms with Crippen molar-refractivity contribution in [1.29, 1.82) is 0 Å². The number of rotatable bonds is 5. The van der Waals surface area contributed by atoms with Gasteiger partial charge >= 0.3 is 0 Å². The smallest absolute Gasteiger partial charge is 0.137 e. The van der Waals surface area contributed by atoms with Crippen LogP contribution in [-0.2, 0) is 6.54 Å².